The van der Waals surface area contributed by atoms with E-state index in [0.29, 0.717) is 6.42 Å². The van der Waals surface area contributed by atoms with E-state index < -0.39 is 5.54 Å². The Kier molecular flexibility index (Phi) is 3.57. The van der Waals surface area contributed by atoms with Crippen molar-refractivity contribution in [2.24, 2.45) is 5.73 Å². The van der Waals surface area contributed by atoms with E-state index in [1.165, 1.54) is 11.1 Å². The van der Waals surface area contributed by atoms with Crippen LogP contribution in [-0.2, 0) is 29.6 Å². The van der Waals surface area contributed by atoms with E-state index in [-0.39, 0.29) is 11.9 Å². The van der Waals surface area contributed by atoms with Crippen molar-refractivity contribution in [1.82, 2.24) is 5.32 Å². The summed E-state index contributed by atoms with van der Waals surface area (Å²) in [6.07, 6.45) is 3.15. The number of benzene rings is 2. The van der Waals surface area contributed by atoms with Crippen LogP contribution in [0, 0.1) is 0 Å². The molecule has 1 amide bonds. The van der Waals surface area contributed by atoms with Crippen molar-refractivity contribution >= 4 is 5.91 Å². The second-order valence-electron chi connectivity index (χ2n) is 6.81. The summed E-state index contributed by atoms with van der Waals surface area (Å²) in [6, 6.07) is 14.3. The molecule has 0 saturated carbocycles. The van der Waals surface area contributed by atoms with Crippen LogP contribution >= 0.6 is 0 Å². The maximum atomic E-state index is 13.0. The van der Waals surface area contributed by atoms with Crippen molar-refractivity contribution in [2.45, 2.75) is 37.3 Å². The Balaban J connectivity index is 1.55. The Morgan fingerprint density at radius 2 is 1.88 bits per heavy atom. The number of hydrogen-bond acceptors (Lipinski definition) is 3. The number of nitrogens with two attached hydrogens (primary N) is 1. The third-order valence-corrected chi connectivity index (χ3v) is 5.39. The Morgan fingerprint density at radius 3 is 2.54 bits per heavy atom. The van der Waals surface area contributed by atoms with Crippen LogP contribution in [0.1, 0.15) is 28.7 Å². The number of fused-ring (bicyclic) bond motifs is 2. The van der Waals surface area contributed by atoms with Gasteiger partial charge in [0.1, 0.15) is 11.3 Å². The Bertz CT molecular complexity index is 777. The number of carbonyl (C=O) groups is 1. The summed E-state index contributed by atoms with van der Waals surface area (Å²) in [5.74, 6) is 0.744. The molecular formula is C20H22N2O2. The molecular weight excluding hydrogens is 300 g/mol. The normalized spacial score (nSPS) is 22.1. The average molecular weight is 322 g/mol. The molecule has 2 aliphatic rings. The molecule has 0 fully saturated rings. The van der Waals surface area contributed by atoms with Gasteiger partial charge in [-0.2, -0.15) is 0 Å². The van der Waals surface area contributed by atoms with Gasteiger partial charge in [-0.1, -0.05) is 36.4 Å². The van der Waals surface area contributed by atoms with Gasteiger partial charge in [-0.3, -0.25) is 4.79 Å². The van der Waals surface area contributed by atoms with Crippen molar-refractivity contribution < 1.29 is 9.53 Å². The van der Waals surface area contributed by atoms with Gasteiger partial charge >= 0.3 is 0 Å². The zero-order valence-corrected chi connectivity index (χ0v) is 13.8. The maximum Gasteiger partial charge on any atom is 0.244 e. The summed E-state index contributed by atoms with van der Waals surface area (Å²) in [5.41, 5.74) is 10.2. The van der Waals surface area contributed by atoms with E-state index in [4.69, 9.17) is 10.5 Å². The zero-order valence-electron chi connectivity index (χ0n) is 13.8. The molecule has 4 rings (SSSR count). The van der Waals surface area contributed by atoms with Gasteiger partial charge in [0.15, 0.2) is 0 Å². The van der Waals surface area contributed by atoms with Gasteiger partial charge in [0, 0.05) is 6.04 Å². The summed E-state index contributed by atoms with van der Waals surface area (Å²) < 4.78 is 5.42. The second-order valence-corrected chi connectivity index (χ2v) is 6.81. The molecule has 2 aliphatic carbocycles. The van der Waals surface area contributed by atoms with E-state index in [2.05, 4.69) is 17.4 Å². The van der Waals surface area contributed by atoms with Gasteiger partial charge in [-0.25, -0.2) is 0 Å². The SMILES string of the molecule is COc1cccc2c1CCC2(N)C(=O)NC1Cc2ccccc2C1. The summed E-state index contributed by atoms with van der Waals surface area (Å²) in [5, 5.41) is 3.18. The molecule has 24 heavy (non-hydrogen) atoms. The lowest BCUT2D eigenvalue weighted by Gasteiger charge is -2.26. The van der Waals surface area contributed by atoms with Crippen molar-refractivity contribution in [2.75, 3.05) is 7.11 Å². The molecule has 0 bridgehead atoms. The Hall–Kier alpha value is -2.33. The van der Waals surface area contributed by atoms with Crippen LogP contribution < -0.4 is 15.8 Å². The first-order valence-corrected chi connectivity index (χ1v) is 8.45. The predicted molar refractivity (Wildman–Crippen MR) is 93.0 cm³/mol. The number of amides is 1. The number of nitrogens with one attached hydrogen (secondary N) is 1. The Morgan fingerprint density at radius 1 is 1.17 bits per heavy atom. The molecule has 0 saturated heterocycles. The van der Waals surface area contributed by atoms with Gasteiger partial charge in [0.05, 0.1) is 7.11 Å². The van der Waals surface area contributed by atoms with Gasteiger partial charge in [-0.05, 0) is 54.0 Å². The number of rotatable bonds is 3. The largest absolute Gasteiger partial charge is 0.496 e. The van der Waals surface area contributed by atoms with Crippen LogP contribution in [0.2, 0.25) is 0 Å². The minimum Gasteiger partial charge on any atom is -0.496 e. The topological polar surface area (TPSA) is 64.3 Å². The lowest BCUT2D eigenvalue weighted by Crippen LogP contribution is -2.52. The van der Waals surface area contributed by atoms with Gasteiger partial charge in [-0.15, -0.1) is 0 Å². The highest BCUT2D eigenvalue weighted by molar-refractivity contribution is 5.89. The first-order valence-electron chi connectivity index (χ1n) is 8.45. The fraction of sp³-hybridized carbons (Fsp3) is 0.350. The number of ether oxygens (including phenoxy) is 1. The van der Waals surface area contributed by atoms with Crippen LogP contribution in [0.3, 0.4) is 0 Å². The van der Waals surface area contributed by atoms with Gasteiger partial charge in [0.2, 0.25) is 5.91 Å². The van der Waals surface area contributed by atoms with Crippen molar-refractivity contribution in [3.63, 3.8) is 0 Å². The van der Waals surface area contributed by atoms with Crippen LogP contribution in [0.5, 0.6) is 5.75 Å². The van der Waals surface area contributed by atoms with Crippen molar-refractivity contribution in [3.8, 4) is 5.75 Å². The molecule has 3 N–H and O–H groups in total. The monoisotopic (exact) mass is 322 g/mol. The highest BCUT2D eigenvalue weighted by atomic mass is 16.5. The minimum atomic E-state index is -0.960. The number of carbonyl (C=O) groups excluding carboxylic acids is 1. The molecule has 1 unspecified atom stereocenters. The van der Waals surface area contributed by atoms with Crippen LogP contribution in [-0.4, -0.2) is 19.1 Å². The Labute approximate surface area is 142 Å². The summed E-state index contributed by atoms with van der Waals surface area (Å²) in [7, 11) is 1.65. The molecule has 0 spiro atoms. The third-order valence-electron chi connectivity index (χ3n) is 5.39. The third kappa shape index (κ3) is 2.29. The van der Waals surface area contributed by atoms with E-state index >= 15 is 0 Å². The molecule has 2 aromatic carbocycles. The van der Waals surface area contributed by atoms with Gasteiger partial charge < -0.3 is 15.8 Å². The molecule has 0 heterocycles. The van der Waals surface area contributed by atoms with E-state index in [1.54, 1.807) is 7.11 Å². The number of hydrogen-bond donors (Lipinski definition) is 2. The first-order chi connectivity index (χ1) is 11.6. The highest BCUT2D eigenvalue weighted by Crippen LogP contribution is 2.40. The summed E-state index contributed by atoms with van der Waals surface area (Å²) in [6.45, 7) is 0. The van der Waals surface area contributed by atoms with Crippen molar-refractivity contribution in [3.05, 3.63) is 64.7 Å². The maximum absolute atomic E-state index is 13.0. The zero-order chi connectivity index (χ0) is 16.7. The lowest BCUT2D eigenvalue weighted by molar-refractivity contribution is -0.127. The van der Waals surface area contributed by atoms with E-state index in [9.17, 15) is 4.79 Å². The van der Waals surface area contributed by atoms with Crippen LogP contribution in [0.4, 0.5) is 0 Å². The van der Waals surface area contributed by atoms with Crippen LogP contribution in [0.25, 0.3) is 0 Å². The predicted octanol–water partition coefficient (Wildman–Crippen LogP) is 2.08. The highest BCUT2D eigenvalue weighted by Gasteiger charge is 2.43. The molecule has 2 aromatic rings. The summed E-state index contributed by atoms with van der Waals surface area (Å²) >= 11 is 0. The fourth-order valence-corrected chi connectivity index (χ4v) is 4.10. The molecule has 0 aliphatic heterocycles. The molecule has 4 heteroatoms. The molecule has 1 atom stereocenters. The van der Waals surface area contributed by atoms with E-state index in [1.807, 2.05) is 30.3 Å². The minimum absolute atomic E-state index is 0.0766. The lowest BCUT2D eigenvalue weighted by atomic mass is 9.91. The van der Waals surface area contributed by atoms with Crippen molar-refractivity contribution in [1.29, 1.82) is 0 Å². The standard InChI is InChI=1S/C20H22N2O2/c1-24-18-8-4-7-17-16(18)9-10-20(17,21)19(23)22-15-11-13-5-2-3-6-14(13)12-15/h2-8,15H,9-12,21H2,1H3,(H,22,23). The van der Waals surface area contributed by atoms with Crippen LogP contribution in [0.15, 0.2) is 42.5 Å². The number of methoxy groups -OCH3 is 1. The smallest absolute Gasteiger partial charge is 0.244 e. The molecule has 0 aromatic heterocycles. The quantitative estimate of drug-likeness (QED) is 0.909. The second kappa shape index (κ2) is 5.64. The van der Waals surface area contributed by atoms with Gasteiger partial charge in [0.25, 0.3) is 0 Å². The fourth-order valence-electron chi connectivity index (χ4n) is 4.10. The first kappa shape index (κ1) is 15.2. The van der Waals surface area contributed by atoms with E-state index in [0.717, 1.165) is 36.1 Å². The average Bonchev–Trinajstić information content (AvgIpc) is 3.16. The molecule has 124 valence electrons. The molecule has 4 nitrogen and oxygen atoms in total. The molecule has 0 radical (unpaired) electrons. The summed E-state index contributed by atoms with van der Waals surface area (Å²) in [4.78, 5) is 13.0.